The van der Waals surface area contributed by atoms with Crippen LogP contribution in [-0.2, 0) is 0 Å². The van der Waals surface area contributed by atoms with E-state index in [-0.39, 0.29) is 5.91 Å². The Hall–Kier alpha value is -3.39. The van der Waals surface area contributed by atoms with Gasteiger partial charge in [-0.3, -0.25) is 10.1 Å². The molecule has 3 amide bonds. The van der Waals surface area contributed by atoms with Crippen molar-refractivity contribution in [3.8, 4) is 5.75 Å². The molecule has 0 saturated heterocycles. The summed E-state index contributed by atoms with van der Waals surface area (Å²) in [5.74, 6) is 0.268. The Balaban J connectivity index is 1.69. The van der Waals surface area contributed by atoms with Gasteiger partial charge in [-0.05, 0) is 43.7 Å². The van der Waals surface area contributed by atoms with E-state index in [0.717, 1.165) is 16.9 Å². The molecule has 0 unspecified atom stereocenters. The molecule has 0 bridgehead atoms. The molecule has 0 atom stereocenters. The second-order valence-electron chi connectivity index (χ2n) is 6.04. The number of nitrogens with one attached hydrogen (secondary N) is 3. The third-order valence-corrected chi connectivity index (χ3v) is 4.93. The van der Waals surface area contributed by atoms with Crippen molar-refractivity contribution in [2.45, 2.75) is 13.8 Å². The first-order chi connectivity index (χ1) is 13.5. The van der Waals surface area contributed by atoms with E-state index < -0.39 is 6.03 Å². The van der Waals surface area contributed by atoms with E-state index in [1.807, 2.05) is 37.3 Å². The first-order valence-corrected chi connectivity index (χ1v) is 9.34. The number of aryl methyl sites for hydroxylation is 2. The van der Waals surface area contributed by atoms with Crippen molar-refractivity contribution in [1.82, 2.24) is 4.98 Å². The summed E-state index contributed by atoms with van der Waals surface area (Å²) < 4.78 is 5.32. The maximum absolute atomic E-state index is 12.7. The van der Waals surface area contributed by atoms with E-state index in [2.05, 4.69) is 20.9 Å². The molecule has 3 rings (SSSR count). The lowest BCUT2D eigenvalue weighted by Crippen LogP contribution is -2.19. The third kappa shape index (κ3) is 4.66. The van der Waals surface area contributed by atoms with Gasteiger partial charge in [0.15, 0.2) is 5.13 Å². The monoisotopic (exact) mass is 396 g/mol. The number of anilines is 3. The highest BCUT2D eigenvalue weighted by Gasteiger charge is 2.18. The molecule has 0 aliphatic rings. The van der Waals surface area contributed by atoms with Crippen molar-refractivity contribution in [2.75, 3.05) is 23.1 Å². The molecule has 144 valence electrons. The van der Waals surface area contributed by atoms with Crippen molar-refractivity contribution >= 4 is 39.8 Å². The van der Waals surface area contributed by atoms with Gasteiger partial charge in [0.05, 0.1) is 18.5 Å². The lowest BCUT2D eigenvalue weighted by molar-refractivity contribution is 0.102. The van der Waals surface area contributed by atoms with Gasteiger partial charge in [0, 0.05) is 5.69 Å². The summed E-state index contributed by atoms with van der Waals surface area (Å²) >= 11 is 1.11. The average molecular weight is 396 g/mol. The van der Waals surface area contributed by atoms with E-state index in [1.165, 1.54) is 0 Å². The van der Waals surface area contributed by atoms with Crippen LogP contribution >= 0.6 is 11.3 Å². The number of benzene rings is 2. The number of nitrogens with zero attached hydrogens (tertiary/aromatic N) is 1. The van der Waals surface area contributed by atoms with E-state index in [4.69, 9.17) is 4.74 Å². The Labute approximate surface area is 166 Å². The third-order valence-electron chi connectivity index (χ3n) is 3.86. The zero-order chi connectivity index (χ0) is 20.1. The van der Waals surface area contributed by atoms with E-state index in [9.17, 15) is 9.59 Å². The Morgan fingerprint density at radius 3 is 2.46 bits per heavy atom. The van der Waals surface area contributed by atoms with E-state index in [0.29, 0.717) is 32.8 Å². The van der Waals surface area contributed by atoms with Gasteiger partial charge >= 0.3 is 6.03 Å². The number of amides is 3. The fourth-order valence-electron chi connectivity index (χ4n) is 2.52. The largest absolute Gasteiger partial charge is 0.495 e. The smallest absolute Gasteiger partial charge is 0.325 e. The van der Waals surface area contributed by atoms with Crippen LogP contribution in [-0.4, -0.2) is 24.0 Å². The number of aromatic nitrogens is 1. The normalized spacial score (nSPS) is 10.2. The second-order valence-corrected chi connectivity index (χ2v) is 7.04. The number of ether oxygens (including phenoxy) is 1. The number of hydrogen-bond donors (Lipinski definition) is 3. The predicted molar refractivity (Wildman–Crippen MR) is 112 cm³/mol. The molecule has 0 aliphatic heterocycles. The molecule has 3 aromatic rings. The standard InChI is InChI=1S/C20H20N4O3S/c1-12-9-10-15(16(11-12)27-3)23-18(25)17-13(2)21-20(28-17)24-19(26)22-14-7-5-4-6-8-14/h4-11H,1-3H3,(H,23,25)(H2,21,22,24,26). The first-order valence-electron chi connectivity index (χ1n) is 8.52. The predicted octanol–water partition coefficient (Wildman–Crippen LogP) is 4.66. The van der Waals surface area contributed by atoms with Crippen LogP contribution in [0.2, 0.25) is 0 Å². The zero-order valence-electron chi connectivity index (χ0n) is 15.7. The number of hydrogen-bond acceptors (Lipinski definition) is 5. The molecule has 7 nitrogen and oxygen atoms in total. The fraction of sp³-hybridized carbons (Fsp3) is 0.150. The van der Waals surface area contributed by atoms with Crippen LogP contribution in [0.5, 0.6) is 5.75 Å². The Bertz CT molecular complexity index is 1000. The topological polar surface area (TPSA) is 92.4 Å². The minimum absolute atomic E-state index is 0.311. The second kappa shape index (κ2) is 8.53. The number of carbonyl (C=O) groups is 2. The number of methoxy groups -OCH3 is 1. The summed E-state index contributed by atoms with van der Waals surface area (Å²) in [5, 5.41) is 8.53. The Morgan fingerprint density at radius 2 is 1.75 bits per heavy atom. The van der Waals surface area contributed by atoms with E-state index >= 15 is 0 Å². The van der Waals surface area contributed by atoms with Gasteiger partial charge in [0.2, 0.25) is 0 Å². The van der Waals surface area contributed by atoms with Gasteiger partial charge in [-0.1, -0.05) is 35.6 Å². The van der Waals surface area contributed by atoms with Crippen LogP contribution < -0.4 is 20.7 Å². The molecule has 0 fully saturated rings. The van der Waals surface area contributed by atoms with Crippen LogP contribution in [0.3, 0.4) is 0 Å². The van der Waals surface area contributed by atoms with Gasteiger partial charge < -0.3 is 15.4 Å². The maximum Gasteiger partial charge on any atom is 0.325 e. The molecule has 0 saturated carbocycles. The molecular weight excluding hydrogens is 376 g/mol. The summed E-state index contributed by atoms with van der Waals surface area (Å²) in [6.07, 6.45) is 0. The number of para-hydroxylation sites is 1. The van der Waals surface area contributed by atoms with Crippen LogP contribution in [0.1, 0.15) is 20.9 Å². The van der Waals surface area contributed by atoms with Crippen LogP contribution in [0.4, 0.5) is 21.3 Å². The molecule has 0 radical (unpaired) electrons. The van der Waals surface area contributed by atoms with Gasteiger partial charge in [0.25, 0.3) is 5.91 Å². The van der Waals surface area contributed by atoms with Gasteiger partial charge in [-0.2, -0.15) is 0 Å². The van der Waals surface area contributed by atoms with Gasteiger partial charge in [0.1, 0.15) is 10.6 Å². The van der Waals surface area contributed by atoms with Crippen molar-refractivity contribution in [3.63, 3.8) is 0 Å². The summed E-state index contributed by atoms with van der Waals surface area (Å²) in [6.45, 7) is 3.66. The highest BCUT2D eigenvalue weighted by atomic mass is 32.1. The number of carbonyl (C=O) groups excluding carboxylic acids is 2. The SMILES string of the molecule is COc1cc(C)ccc1NC(=O)c1sc(NC(=O)Nc2ccccc2)nc1C. The molecule has 28 heavy (non-hydrogen) atoms. The number of urea groups is 1. The summed E-state index contributed by atoms with van der Waals surface area (Å²) in [7, 11) is 1.55. The quantitative estimate of drug-likeness (QED) is 0.585. The minimum atomic E-state index is -0.424. The molecule has 1 heterocycles. The molecular formula is C20H20N4O3S. The Morgan fingerprint density at radius 1 is 1.00 bits per heavy atom. The van der Waals surface area contributed by atoms with Gasteiger partial charge in [-0.25, -0.2) is 9.78 Å². The fourth-order valence-corrected chi connectivity index (χ4v) is 3.38. The molecule has 0 spiro atoms. The Kier molecular flexibility index (Phi) is 5.90. The molecule has 0 aliphatic carbocycles. The lowest BCUT2D eigenvalue weighted by Gasteiger charge is -2.10. The molecule has 8 heteroatoms. The van der Waals surface area contributed by atoms with E-state index in [1.54, 1.807) is 32.2 Å². The van der Waals surface area contributed by atoms with Crippen LogP contribution in [0.15, 0.2) is 48.5 Å². The van der Waals surface area contributed by atoms with Crippen molar-refractivity contribution in [1.29, 1.82) is 0 Å². The average Bonchev–Trinajstić information content (AvgIpc) is 3.03. The molecule has 3 N–H and O–H groups in total. The maximum atomic E-state index is 12.7. The first kappa shape index (κ1) is 19.4. The molecule has 1 aromatic heterocycles. The minimum Gasteiger partial charge on any atom is -0.495 e. The number of thiazole rings is 1. The highest BCUT2D eigenvalue weighted by molar-refractivity contribution is 7.17. The summed E-state index contributed by atoms with van der Waals surface area (Å²) in [5.41, 5.74) is 2.79. The van der Waals surface area contributed by atoms with Crippen molar-refractivity contribution in [2.24, 2.45) is 0 Å². The van der Waals surface area contributed by atoms with Crippen LogP contribution in [0, 0.1) is 13.8 Å². The highest BCUT2D eigenvalue weighted by Crippen LogP contribution is 2.28. The van der Waals surface area contributed by atoms with Crippen LogP contribution in [0.25, 0.3) is 0 Å². The number of rotatable bonds is 5. The lowest BCUT2D eigenvalue weighted by atomic mass is 10.2. The molecule has 2 aromatic carbocycles. The van der Waals surface area contributed by atoms with Crippen molar-refractivity contribution < 1.29 is 14.3 Å². The summed E-state index contributed by atoms with van der Waals surface area (Å²) in [4.78, 5) is 29.4. The summed E-state index contributed by atoms with van der Waals surface area (Å²) in [6, 6.07) is 14.2. The zero-order valence-corrected chi connectivity index (χ0v) is 16.5. The van der Waals surface area contributed by atoms with Gasteiger partial charge in [-0.15, -0.1) is 0 Å². The van der Waals surface area contributed by atoms with Crippen molar-refractivity contribution in [3.05, 3.63) is 64.7 Å².